The molecular formula is C29H34O3. The highest BCUT2D eigenvalue weighted by Crippen LogP contribution is 2.15. The number of ether oxygens (including phenoxy) is 3. The van der Waals surface area contributed by atoms with Gasteiger partial charge in [-0.25, -0.2) is 0 Å². The van der Waals surface area contributed by atoms with Gasteiger partial charge >= 0.3 is 0 Å². The van der Waals surface area contributed by atoms with Crippen molar-refractivity contribution in [2.24, 2.45) is 5.92 Å². The van der Waals surface area contributed by atoms with Gasteiger partial charge in [0, 0.05) is 0 Å². The van der Waals surface area contributed by atoms with E-state index in [1.54, 1.807) is 0 Å². The Balaban J connectivity index is 1.53. The monoisotopic (exact) mass is 430 g/mol. The largest absolute Gasteiger partial charge is 0.376 e. The molecule has 0 aliphatic carbocycles. The van der Waals surface area contributed by atoms with Crippen molar-refractivity contribution in [2.45, 2.75) is 39.8 Å². The molecule has 3 heteroatoms. The fraction of sp³-hybridized carbons (Fsp3) is 0.310. The summed E-state index contributed by atoms with van der Waals surface area (Å²) in [5, 5.41) is 0. The van der Waals surface area contributed by atoms with Crippen molar-refractivity contribution >= 4 is 0 Å². The Kier molecular flexibility index (Phi) is 10.2. The lowest BCUT2D eigenvalue weighted by Crippen LogP contribution is -2.22. The number of rotatable bonds is 13. The van der Waals surface area contributed by atoms with Crippen LogP contribution in [0.2, 0.25) is 0 Å². The first kappa shape index (κ1) is 23.9. The number of benzene rings is 3. The second-order valence-electron chi connectivity index (χ2n) is 8.17. The number of hydrogen-bond acceptors (Lipinski definition) is 3. The normalized spacial score (nSPS) is 13.6. The van der Waals surface area contributed by atoms with Crippen LogP contribution in [-0.2, 0) is 34.0 Å². The van der Waals surface area contributed by atoms with Gasteiger partial charge in [-0.3, -0.25) is 0 Å². The van der Waals surface area contributed by atoms with Gasteiger partial charge in [0.15, 0.2) is 0 Å². The average Bonchev–Trinajstić information content (AvgIpc) is 2.83. The molecular weight excluding hydrogens is 396 g/mol. The minimum absolute atomic E-state index is 0.101. The Bertz CT molecular complexity index is 907. The highest BCUT2D eigenvalue weighted by molar-refractivity contribution is 5.16. The van der Waals surface area contributed by atoms with E-state index < -0.39 is 0 Å². The summed E-state index contributed by atoms with van der Waals surface area (Å²) >= 11 is 0. The predicted octanol–water partition coefficient (Wildman–Crippen LogP) is 6.59. The van der Waals surface area contributed by atoms with Crippen molar-refractivity contribution < 1.29 is 14.2 Å². The van der Waals surface area contributed by atoms with Crippen LogP contribution in [0.4, 0.5) is 0 Å². The summed E-state index contributed by atoms with van der Waals surface area (Å²) < 4.78 is 18.2. The highest BCUT2D eigenvalue weighted by Gasteiger charge is 2.14. The fourth-order valence-electron chi connectivity index (χ4n) is 3.48. The fourth-order valence-corrected chi connectivity index (χ4v) is 3.48. The van der Waals surface area contributed by atoms with Crippen molar-refractivity contribution in [1.82, 2.24) is 0 Å². The van der Waals surface area contributed by atoms with Crippen LogP contribution in [0.15, 0.2) is 103 Å². The van der Waals surface area contributed by atoms with Crippen molar-refractivity contribution in [2.75, 3.05) is 13.2 Å². The summed E-state index contributed by atoms with van der Waals surface area (Å²) in [5.41, 5.74) is 4.69. The van der Waals surface area contributed by atoms with Gasteiger partial charge < -0.3 is 14.2 Å². The van der Waals surface area contributed by atoms with E-state index in [-0.39, 0.29) is 12.0 Å². The van der Waals surface area contributed by atoms with E-state index in [1.807, 2.05) is 54.6 Å². The van der Waals surface area contributed by atoms with Crippen molar-refractivity contribution in [1.29, 1.82) is 0 Å². The van der Waals surface area contributed by atoms with Crippen LogP contribution in [0.1, 0.15) is 30.5 Å². The molecule has 3 nitrogen and oxygen atoms in total. The first-order valence-electron chi connectivity index (χ1n) is 11.3. The predicted molar refractivity (Wildman–Crippen MR) is 130 cm³/mol. The molecule has 0 amide bonds. The summed E-state index contributed by atoms with van der Waals surface area (Å²) in [7, 11) is 0. The molecule has 0 aromatic heterocycles. The maximum absolute atomic E-state index is 6.27. The van der Waals surface area contributed by atoms with Gasteiger partial charge in [-0.1, -0.05) is 104 Å². The minimum Gasteiger partial charge on any atom is -0.376 e. The van der Waals surface area contributed by atoms with Gasteiger partial charge in [0.25, 0.3) is 0 Å². The van der Waals surface area contributed by atoms with E-state index in [0.717, 1.165) is 5.56 Å². The molecule has 2 unspecified atom stereocenters. The maximum Gasteiger partial charge on any atom is 0.102 e. The van der Waals surface area contributed by atoms with Gasteiger partial charge in [0.1, 0.15) is 6.10 Å². The quantitative estimate of drug-likeness (QED) is 0.286. The van der Waals surface area contributed by atoms with Gasteiger partial charge in [0.05, 0.1) is 33.0 Å². The second-order valence-corrected chi connectivity index (χ2v) is 8.17. The molecule has 32 heavy (non-hydrogen) atoms. The average molecular weight is 431 g/mol. The van der Waals surface area contributed by atoms with Crippen LogP contribution in [0.5, 0.6) is 0 Å². The van der Waals surface area contributed by atoms with E-state index in [0.29, 0.717) is 33.0 Å². The summed E-state index contributed by atoms with van der Waals surface area (Å²) in [6.45, 7) is 7.25. The van der Waals surface area contributed by atoms with E-state index in [2.05, 4.69) is 56.3 Å². The van der Waals surface area contributed by atoms with Crippen molar-refractivity contribution in [3.8, 4) is 0 Å². The zero-order chi connectivity index (χ0) is 22.4. The summed E-state index contributed by atoms with van der Waals surface area (Å²) in [6.07, 6.45) is 2.14. The summed E-state index contributed by atoms with van der Waals surface area (Å²) in [5.74, 6) is 0.288. The third-order valence-corrected chi connectivity index (χ3v) is 5.22. The number of hydrogen-bond donors (Lipinski definition) is 0. The molecule has 0 N–H and O–H groups in total. The third kappa shape index (κ3) is 8.80. The Morgan fingerprint density at radius 2 is 1.09 bits per heavy atom. The smallest absolute Gasteiger partial charge is 0.102 e. The van der Waals surface area contributed by atoms with E-state index in [9.17, 15) is 0 Å². The zero-order valence-corrected chi connectivity index (χ0v) is 19.2. The Labute approximate surface area is 192 Å². The molecule has 3 aromatic rings. The third-order valence-electron chi connectivity index (χ3n) is 5.22. The topological polar surface area (TPSA) is 27.7 Å². The lowest BCUT2D eigenvalue weighted by Gasteiger charge is -2.21. The lowest BCUT2D eigenvalue weighted by molar-refractivity contribution is -0.0113. The SMILES string of the molecule is C/C(=C\C(C)COCc1ccccc1)C(COCc1ccccc1)OCc1ccccc1. The van der Waals surface area contributed by atoms with Crippen LogP contribution in [0, 0.1) is 5.92 Å². The molecule has 0 saturated heterocycles. The van der Waals surface area contributed by atoms with Gasteiger partial charge in [0.2, 0.25) is 0 Å². The van der Waals surface area contributed by atoms with Crippen molar-refractivity contribution in [3.63, 3.8) is 0 Å². The molecule has 0 aliphatic rings. The molecule has 168 valence electrons. The maximum atomic E-state index is 6.27. The first-order valence-corrected chi connectivity index (χ1v) is 11.3. The summed E-state index contributed by atoms with van der Waals surface area (Å²) in [4.78, 5) is 0. The molecule has 0 heterocycles. The molecule has 0 radical (unpaired) electrons. The summed E-state index contributed by atoms with van der Waals surface area (Å²) in [6, 6.07) is 30.8. The standard InChI is InChI=1S/C29H34O3/c1-24(19-30-20-26-12-6-3-7-13-26)18-25(2)29(32-22-28-16-10-5-11-17-28)23-31-21-27-14-8-4-9-15-27/h3-18,24,29H,19-23H2,1-2H3/b25-18+. The molecule has 0 fully saturated rings. The molecule has 3 rings (SSSR count). The molecule has 0 aliphatic heterocycles. The molecule has 0 spiro atoms. The van der Waals surface area contributed by atoms with Gasteiger partial charge in [-0.05, 0) is 35.1 Å². The Hall–Kier alpha value is -2.72. The molecule has 0 saturated carbocycles. The molecule has 0 bridgehead atoms. The second kappa shape index (κ2) is 13.6. The zero-order valence-electron chi connectivity index (χ0n) is 19.2. The van der Waals surface area contributed by atoms with E-state index >= 15 is 0 Å². The van der Waals surface area contributed by atoms with E-state index in [4.69, 9.17) is 14.2 Å². The van der Waals surface area contributed by atoms with Crippen LogP contribution in [-0.4, -0.2) is 19.3 Å². The minimum atomic E-state index is -0.101. The van der Waals surface area contributed by atoms with Crippen molar-refractivity contribution in [3.05, 3.63) is 119 Å². The Morgan fingerprint density at radius 3 is 1.59 bits per heavy atom. The van der Waals surface area contributed by atoms with Crippen LogP contribution >= 0.6 is 0 Å². The Morgan fingerprint density at radius 1 is 0.656 bits per heavy atom. The molecule has 2 atom stereocenters. The highest BCUT2D eigenvalue weighted by atomic mass is 16.5. The van der Waals surface area contributed by atoms with Gasteiger partial charge in [-0.2, -0.15) is 0 Å². The molecule has 3 aromatic carbocycles. The van der Waals surface area contributed by atoms with Crippen LogP contribution in [0.3, 0.4) is 0 Å². The lowest BCUT2D eigenvalue weighted by atomic mass is 10.1. The van der Waals surface area contributed by atoms with Gasteiger partial charge in [-0.15, -0.1) is 0 Å². The van der Waals surface area contributed by atoms with E-state index in [1.165, 1.54) is 16.7 Å². The first-order chi connectivity index (χ1) is 15.7. The van der Waals surface area contributed by atoms with Crippen LogP contribution in [0.25, 0.3) is 0 Å². The van der Waals surface area contributed by atoms with Crippen LogP contribution < -0.4 is 0 Å².